The molecule has 0 radical (unpaired) electrons. The molecule has 1 fully saturated rings. The minimum Gasteiger partial charge on any atom is -0.493 e. The number of morpholine rings is 1. The number of rotatable bonds is 5. The number of carbonyl (C=O) groups is 2. The lowest BCUT2D eigenvalue weighted by Crippen LogP contribution is -2.47. The Hall–Kier alpha value is -4.26. The fourth-order valence-corrected chi connectivity index (χ4v) is 4.87. The van der Waals surface area contributed by atoms with Gasteiger partial charge in [-0.15, -0.1) is 0 Å². The van der Waals surface area contributed by atoms with Crippen LogP contribution in [0.5, 0.6) is 5.75 Å². The van der Waals surface area contributed by atoms with E-state index in [9.17, 15) is 9.59 Å². The highest BCUT2D eigenvalue weighted by atomic mass is 35.5. The maximum Gasteiger partial charge on any atom is 0.253 e. The molecule has 1 aromatic carbocycles. The summed E-state index contributed by atoms with van der Waals surface area (Å²) in [5.41, 5.74) is 7.56. The number of nitrogens with zero attached hydrogens (tertiary/aromatic N) is 3. The lowest BCUT2D eigenvalue weighted by molar-refractivity contribution is -0.132. The number of aromatic nitrogens is 2. The summed E-state index contributed by atoms with van der Waals surface area (Å²) < 4.78 is 13.0. The summed E-state index contributed by atoms with van der Waals surface area (Å²) in [6.45, 7) is 5.31. The maximum absolute atomic E-state index is 12.8. The number of benzene rings is 1. The third-order valence-corrected chi connectivity index (χ3v) is 6.75. The van der Waals surface area contributed by atoms with Gasteiger partial charge in [0.15, 0.2) is 5.75 Å². The molecule has 1 saturated heterocycles. The van der Waals surface area contributed by atoms with E-state index in [0.717, 1.165) is 17.0 Å². The standard InChI is InChI=1S/C28H26ClN5O4/c1-3-26(35)33-13-14-38-17-19(33)8-7-18-16-30-11-9-20(18)25-15-21-24(10-12-31-28(21)36)34(25)32-23-6-4-5-22(29)27(23)37-2/h3-6,9,11,15-16,19,32H,1,10,12-14,17H2,2H3,(H,31,36)/t19-/m0/s1. The molecule has 9 nitrogen and oxygen atoms in total. The van der Waals surface area contributed by atoms with Crippen molar-refractivity contribution in [2.24, 2.45) is 0 Å². The van der Waals surface area contributed by atoms with Crippen LogP contribution in [-0.4, -0.2) is 65.8 Å². The smallest absolute Gasteiger partial charge is 0.253 e. The molecule has 3 aromatic rings. The highest BCUT2D eigenvalue weighted by Crippen LogP contribution is 2.35. The van der Waals surface area contributed by atoms with Crippen LogP contribution in [0.25, 0.3) is 11.3 Å². The topological polar surface area (TPSA) is 97.7 Å². The first kappa shape index (κ1) is 25.4. The van der Waals surface area contributed by atoms with Gasteiger partial charge in [-0.1, -0.05) is 36.1 Å². The van der Waals surface area contributed by atoms with Crippen LogP contribution in [0.2, 0.25) is 5.02 Å². The van der Waals surface area contributed by atoms with Gasteiger partial charge in [-0.2, -0.15) is 0 Å². The van der Waals surface area contributed by atoms with Crippen molar-refractivity contribution in [1.82, 2.24) is 19.9 Å². The fourth-order valence-electron chi connectivity index (χ4n) is 4.62. The first-order chi connectivity index (χ1) is 18.5. The molecule has 2 aliphatic heterocycles. The first-order valence-electron chi connectivity index (χ1n) is 12.1. The van der Waals surface area contributed by atoms with Crippen molar-refractivity contribution in [3.05, 3.63) is 77.2 Å². The molecule has 0 bridgehead atoms. The number of hydrogen-bond acceptors (Lipinski definition) is 6. The summed E-state index contributed by atoms with van der Waals surface area (Å²) in [5, 5.41) is 3.36. The van der Waals surface area contributed by atoms with Crippen molar-refractivity contribution in [2.75, 3.05) is 38.8 Å². The average molecular weight is 532 g/mol. The van der Waals surface area contributed by atoms with E-state index >= 15 is 0 Å². The van der Waals surface area contributed by atoms with Gasteiger partial charge in [0, 0.05) is 37.5 Å². The number of carbonyl (C=O) groups excluding carboxylic acids is 2. The molecule has 2 aromatic heterocycles. The lowest BCUT2D eigenvalue weighted by atomic mass is 10.1. The largest absolute Gasteiger partial charge is 0.493 e. The second kappa shape index (κ2) is 11.0. The zero-order chi connectivity index (χ0) is 26.6. The number of anilines is 1. The minimum atomic E-state index is -0.415. The van der Waals surface area contributed by atoms with E-state index in [0.29, 0.717) is 60.3 Å². The molecule has 0 saturated carbocycles. The summed E-state index contributed by atoms with van der Waals surface area (Å²) in [6, 6.07) is 8.69. The number of pyridine rings is 1. The number of para-hydroxylation sites is 1. The Labute approximate surface area is 225 Å². The number of nitrogens with one attached hydrogen (secondary N) is 2. The summed E-state index contributed by atoms with van der Waals surface area (Å²) in [6.07, 6.45) is 5.25. The molecule has 2 N–H and O–H groups in total. The highest BCUT2D eigenvalue weighted by molar-refractivity contribution is 6.32. The van der Waals surface area contributed by atoms with Gasteiger partial charge in [0.25, 0.3) is 5.91 Å². The zero-order valence-corrected chi connectivity index (χ0v) is 21.5. The Kier molecular flexibility index (Phi) is 7.36. The van der Waals surface area contributed by atoms with Crippen LogP contribution in [0.15, 0.2) is 55.4 Å². The lowest BCUT2D eigenvalue weighted by Gasteiger charge is -2.31. The SMILES string of the molecule is C=CC(=O)N1CCOC[C@@H]1C#Cc1cnccc1-c1cc2c(n1Nc1cccc(Cl)c1OC)CCNC2=O. The van der Waals surface area contributed by atoms with E-state index in [-0.39, 0.29) is 11.8 Å². The van der Waals surface area contributed by atoms with Gasteiger partial charge in [-0.3, -0.25) is 24.7 Å². The van der Waals surface area contributed by atoms with Gasteiger partial charge in [0.2, 0.25) is 5.91 Å². The third-order valence-electron chi connectivity index (χ3n) is 6.45. The van der Waals surface area contributed by atoms with Crippen molar-refractivity contribution in [3.63, 3.8) is 0 Å². The Balaban J connectivity index is 1.60. The Morgan fingerprint density at radius 1 is 1.37 bits per heavy atom. The fraction of sp³-hybridized carbons (Fsp3) is 0.250. The van der Waals surface area contributed by atoms with E-state index in [1.54, 1.807) is 30.5 Å². The third kappa shape index (κ3) is 4.84. The van der Waals surface area contributed by atoms with Crippen molar-refractivity contribution in [2.45, 2.75) is 12.5 Å². The van der Waals surface area contributed by atoms with Crippen LogP contribution >= 0.6 is 11.6 Å². The molecule has 2 aliphatic rings. The molecule has 4 heterocycles. The van der Waals surface area contributed by atoms with Gasteiger partial charge >= 0.3 is 0 Å². The number of hydrogen-bond donors (Lipinski definition) is 2. The average Bonchev–Trinajstić information content (AvgIpc) is 3.31. The van der Waals surface area contributed by atoms with Gasteiger partial charge < -0.3 is 19.7 Å². The Bertz CT molecular complexity index is 1470. The molecule has 10 heteroatoms. The molecule has 38 heavy (non-hydrogen) atoms. The number of methoxy groups -OCH3 is 1. The summed E-state index contributed by atoms with van der Waals surface area (Å²) >= 11 is 6.37. The molecule has 5 rings (SSSR count). The predicted molar refractivity (Wildman–Crippen MR) is 144 cm³/mol. The van der Waals surface area contributed by atoms with E-state index < -0.39 is 6.04 Å². The van der Waals surface area contributed by atoms with Crippen LogP contribution in [0.1, 0.15) is 21.6 Å². The van der Waals surface area contributed by atoms with Crippen LogP contribution in [0.4, 0.5) is 5.69 Å². The van der Waals surface area contributed by atoms with Crippen molar-refractivity contribution < 1.29 is 19.1 Å². The molecule has 0 unspecified atom stereocenters. The van der Waals surface area contributed by atoms with E-state index in [2.05, 4.69) is 34.1 Å². The molecule has 0 spiro atoms. The van der Waals surface area contributed by atoms with Crippen molar-refractivity contribution in [1.29, 1.82) is 0 Å². The van der Waals surface area contributed by atoms with Crippen LogP contribution in [0.3, 0.4) is 0 Å². The monoisotopic (exact) mass is 531 g/mol. The van der Waals surface area contributed by atoms with E-state index in [4.69, 9.17) is 21.1 Å². The van der Waals surface area contributed by atoms with Gasteiger partial charge in [0.1, 0.15) is 6.04 Å². The van der Waals surface area contributed by atoms with Gasteiger partial charge in [-0.05, 0) is 30.3 Å². The normalized spacial score (nSPS) is 16.5. The van der Waals surface area contributed by atoms with E-state index in [1.807, 2.05) is 28.9 Å². The van der Waals surface area contributed by atoms with E-state index in [1.165, 1.54) is 6.08 Å². The molecule has 1 atom stereocenters. The summed E-state index contributed by atoms with van der Waals surface area (Å²) in [7, 11) is 1.55. The minimum absolute atomic E-state index is 0.147. The van der Waals surface area contributed by atoms with Gasteiger partial charge in [0.05, 0.1) is 53.5 Å². The highest BCUT2D eigenvalue weighted by Gasteiger charge is 2.27. The quantitative estimate of drug-likeness (QED) is 0.388. The molecular formula is C28H26ClN5O4. The predicted octanol–water partition coefficient (Wildman–Crippen LogP) is 3.14. The summed E-state index contributed by atoms with van der Waals surface area (Å²) in [4.78, 5) is 31.0. The first-order valence-corrected chi connectivity index (χ1v) is 12.5. The number of fused-ring (bicyclic) bond motifs is 1. The molecular weight excluding hydrogens is 506 g/mol. The van der Waals surface area contributed by atoms with Crippen LogP contribution in [-0.2, 0) is 16.0 Å². The number of amides is 2. The summed E-state index contributed by atoms with van der Waals surface area (Å²) in [5.74, 6) is 6.52. The molecule has 194 valence electrons. The number of halogens is 1. The van der Waals surface area contributed by atoms with Crippen molar-refractivity contribution in [3.8, 4) is 28.8 Å². The number of ether oxygens (including phenoxy) is 2. The molecule has 2 amide bonds. The van der Waals surface area contributed by atoms with Gasteiger partial charge in [-0.25, -0.2) is 0 Å². The van der Waals surface area contributed by atoms with Crippen LogP contribution < -0.4 is 15.5 Å². The second-order valence-electron chi connectivity index (χ2n) is 8.68. The van der Waals surface area contributed by atoms with Crippen molar-refractivity contribution >= 4 is 29.1 Å². The molecule has 0 aliphatic carbocycles. The zero-order valence-electron chi connectivity index (χ0n) is 20.8. The van der Waals surface area contributed by atoms with Crippen LogP contribution in [0, 0.1) is 11.8 Å². The maximum atomic E-state index is 12.8. The Morgan fingerprint density at radius 2 is 2.24 bits per heavy atom. The second-order valence-corrected chi connectivity index (χ2v) is 9.09. The Morgan fingerprint density at radius 3 is 3.05 bits per heavy atom.